The van der Waals surface area contributed by atoms with Crippen LogP contribution in [0.5, 0.6) is 0 Å². The number of carbonyl (C=O) groups is 1. The monoisotopic (exact) mass is 242 g/mol. The minimum Gasteiger partial charge on any atom is -0.481 e. The van der Waals surface area contributed by atoms with Crippen LogP contribution in [0.3, 0.4) is 0 Å². The zero-order valence-electron chi connectivity index (χ0n) is 9.66. The van der Waals surface area contributed by atoms with Gasteiger partial charge in [-0.1, -0.05) is 24.3 Å². The highest BCUT2D eigenvalue weighted by Crippen LogP contribution is 2.20. The van der Waals surface area contributed by atoms with Crippen LogP contribution in [0.1, 0.15) is 11.5 Å². The van der Waals surface area contributed by atoms with Crippen LogP contribution in [0.4, 0.5) is 0 Å². The van der Waals surface area contributed by atoms with Gasteiger partial charge in [-0.2, -0.15) is 9.61 Å². The first-order valence-corrected chi connectivity index (χ1v) is 5.48. The molecule has 6 heteroatoms. The summed E-state index contributed by atoms with van der Waals surface area (Å²) in [5, 5.41) is 23.0. The molecule has 0 amide bonds. The summed E-state index contributed by atoms with van der Waals surface area (Å²) < 4.78 is 1.51. The Morgan fingerprint density at radius 3 is 2.72 bits per heavy atom. The van der Waals surface area contributed by atoms with Crippen molar-refractivity contribution < 1.29 is 9.90 Å². The normalized spacial score (nSPS) is 11.2. The molecule has 18 heavy (non-hydrogen) atoms. The van der Waals surface area contributed by atoms with E-state index in [9.17, 15) is 4.79 Å². The van der Waals surface area contributed by atoms with Gasteiger partial charge < -0.3 is 5.11 Å². The van der Waals surface area contributed by atoms with Crippen molar-refractivity contribution in [1.29, 1.82) is 0 Å². The van der Waals surface area contributed by atoms with Gasteiger partial charge in [0.25, 0.3) is 0 Å². The zero-order chi connectivity index (χ0) is 12.7. The standard InChI is InChI=1S/C12H10N4O2/c1-7-8-4-2-3-5-9(8)12-14-13-10(6-11(17)18)16(12)15-7/h2-5H,6H2,1H3,(H,17,18). The molecule has 0 fully saturated rings. The number of hydrogen-bond acceptors (Lipinski definition) is 4. The summed E-state index contributed by atoms with van der Waals surface area (Å²) in [5.74, 6) is -0.608. The van der Waals surface area contributed by atoms with Crippen LogP contribution in [0.15, 0.2) is 24.3 Å². The average molecular weight is 242 g/mol. The van der Waals surface area contributed by atoms with E-state index in [0.29, 0.717) is 11.5 Å². The highest BCUT2D eigenvalue weighted by molar-refractivity contribution is 5.94. The summed E-state index contributed by atoms with van der Waals surface area (Å²) in [4.78, 5) is 10.7. The number of hydrogen-bond donors (Lipinski definition) is 1. The molecule has 0 aliphatic carbocycles. The molecular formula is C12H10N4O2. The topological polar surface area (TPSA) is 80.4 Å². The van der Waals surface area contributed by atoms with Crippen LogP contribution >= 0.6 is 0 Å². The Kier molecular flexibility index (Phi) is 2.22. The third-order valence-corrected chi connectivity index (χ3v) is 2.82. The van der Waals surface area contributed by atoms with Crippen molar-refractivity contribution in [1.82, 2.24) is 19.8 Å². The maximum atomic E-state index is 10.7. The van der Waals surface area contributed by atoms with Crippen LogP contribution in [-0.2, 0) is 11.2 Å². The lowest BCUT2D eigenvalue weighted by atomic mass is 10.1. The second kappa shape index (κ2) is 3.76. The molecule has 6 nitrogen and oxygen atoms in total. The predicted octanol–water partition coefficient (Wildman–Crippen LogP) is 1.21. The summed E-state index contributed by atoms with van der Waals surface area (Å²) in [5.41, 5.74) is 1.41. The summed E-state index contributed by atoms with van der Waals surface area (Å²) >= 11 is 0. The third-order valence-electron chi connectivity index (χ3n) is 2.82. The molecule has 0 saturated heterocycles. The molecule has 0 atom stereocenters. The largest absolute Gasteiger partial charge is 0.481 e. The van der Waals surface area contributed by atoms with E-state index in [0.717, 1.165) is 16.5 Å². The molecule has 3 rings (SSSR count). The van der Waals surface area contributed by atoms with Gasteiger partial charge in [-0.05, 0) is 6.92 Å². The molecule has 0 aliphatic heterocycles. The molecule has 0 aliphatic rings. The van der Waals surface area contributed by atoms with Crippen LogP contribution < -0.4 is 0 Å². The Morgan fingerprint density at radius 2 is 2.00 bits per heavy atom. The van der Waals surface area contributed by atoms with Crippen molar-refractivity contribution in [3.05, 3.63) is 35.8 Å². The Hall–Kier alpha value is -2.50. The number of aryl methyl sites for hydroxylation is 1. The number of fused-ring (bicyclic) bond motifs is 3. The molecule has 2 aromatic heterocycles. The van der Waals surface area contributed by atoms with Gasteiger partial charge in [-0.3, -0.25) is 4.79 Å². The maximum absolute atomic E-state index is 10.7. The van der Waals surface area contributed by atoms with E-state index in [1.165, 1.54) is 4.52 Å². The number of benzene rings is 1. The van der Waals surface area contributed by atoms with Gasteiger partial charge in [0.05, 0.1) is 5.69 Å². The second-order valence-corrected chi connectivity index (χ2v) is 4.05. The Balaban J connectivity index is 2.37. The SMILES string of the molecule is Cc1nn2c(CC(=O)O)nnc2c2ccccc12. The summed E-state index contributed by atoms with van der Waals surface area (Å²) in [6.45, 7) is 1.88. The fourth-order valence-electron chi connectivity index (χ4n) is 2.03. The number of carboxylic acid groups (broad SMARTS) is 1. The van der Waals surface area contributed by atoms with Crippen LogP contribution in [0.25, 0.3) is 16.4 Å². The molecule has 0 bridgehead atoms. The first-order chi connectivity index (χ1) is 8.66. The minimum atomic E-state index is -0.947. The summed E-state index contributed by atoms with van der Waals surface area (Å²) in [6, 6.07) is 7.73. The lowest BCUT2D eigenvalue weighted by Crippen LogP contribution is -2.07. The molecule has 3 aromatic rings. The minimum absolute atomic E-state index is 0.189. The van der Waals surface area contributed by atoms with E-state index in [2.05, 4.69) is 15.3 Å². The summed E-state index contributed by atoms with van der Waals surface area (Å²) in [7, 11) is 0. The van der Waals surface area contributed by atoms with Crippen molar-refractivity contribution in [2.75, 3.05) is 0 Å². The number of aliphatic carboxylic acids is 1. The predicted molar refractivity (Wildman–Crippen MR) is 64.4 cm³/mol. The fourth-order valence-corrected chi connectivity index (χ4v) is 2.03. The molecule has 1 N–H and O–H groups in total. The third kappa shape index (κ3) is 1.50. The van der Waals surface area contributed by atoms with E-state index in [-0.39, 0.29) is 6.42 Å². The lowest BCUT2D eigenvalue weighted by molar-refractivity contribution is -0.136. The number of carboxylic acids is 1. The number of nitrogens with zero attached hydrogens (tertiary/aromatic N) is 4. The molecule has 1 aromatic carbocycles. The van der Waals surface area contributed by atoms with Crippen molar-refractivity contribution in [3.8, 4) is 0 Å². The first-order valence-electron chi connectivity index (χ1n) is 5.48. The Labute approximate surface area is 102 Å². The molecular weight excluding hydrogens is 232 g/mol. The highest BCUT2D eigenvalue weighted by atomic mass is 16.4. The van der Waals surface area contributed by atoms with Crippen molar-refractivity contribution >= 4 is 22.4 Å². The summed E-state index contributed by atoms with van der Waals surface area (Å²) in [6.07, 6.45) is -0.189. The van der Waals surface area contributed by atoms with E-state index < -0.39 is 5.97 Å². The van der Waals surface area contributed by atoms with Gasteiger partial charge in [-0.15, -0.1) is 10.2 Å². The van der Waals surface area contributed by atoms with E-state index in [4.69, 9.17) is 5.11 Å². The van der Waals surface area contributed by atoms with Gasteiger partial charge in [0, 0.05) is 10.8 Å². The Bertz CT molecular complexity index is 763. The van der Waals surface area contributed by atoms with Crippen molar-refractivity contribution in [2.24, 2.45) is 0 Å². The van der Waals surface area contributed by atoms with Gasteiger partial charge in [0.1, 0.15) is 6.42 Å². The highest BCUT2D eigenvalue weighted by Gasteiger charge is 2.14. The molecule has 0 spiro atoms. The van der Waals surface area contributed by atoms with Crippen molar-refractivity contribution in [3.63, 3.8) is 0 Å². The first kappa shape index (κ1) is 10.6. The maximum Gasteiger partial charge on any atom is 0.311 e. The number of rotatable bonds is 2. The Morgan fingerprint density at radius 1 is 1.28 bits per heavy atom. The van der Waals surface area contributed by atoms with E-state index in [1.54, 1.807) is 0 Å². The van der Waals surface area contributed by atoms with Crippen LogP contribution in [-0.4, -0.2) is 30.9 Å². The van der Waals surface area contributed by atoms with Gasteiger partial charge in [0.2, 0.25) is 0 Å². The smallest absolute Gasteiger partial charge is 0.311 e. The quantitative estimate of drug-likeness (QED) is 0.730. The van der Waals surface area contributed by atoms with Gasteiger partial charge in [0.15, 0.2) is 11.5 Å². The van der Waals surface area contributed by atoms with Gasteiger partial charge in [-0.25, -0.2) is 0 Å². The second-order valence-electron chi connectivity index (χ2n) is 4.05. The van der Waals surface area contributed by atoms with Gasteiger partial charge >= 0.3 is 5.97 Å². The molecule has 0 saturated carbocycles. The molecule has 0 radical (unpaired) electrons. The molecule has 90 valence electrons. The zero-order valence-corrected chi connectivity index (χ0v) is 9.66. The van der Waals surface area contributed by atoms with E-state index >= 15 is 0 Å². The van der Waals surface area contributed by atoms with Crippen LogP contribution in [0.2, 0.25) is 0 Å². The lowest BCUT2D eigenvalue weighted by Gasteiger charge is -2.03. The fraction of sp³-hybridized carbons (Fsp3) is 0.167. The van der Waals surface area contributed by atoms with Crippen molar-refractivity contribution in [2.45, 2.75) is 13.3 Å². The van der Waals surface area contributed by atoms with Crippen LogP contribution in [0, 0.1) is 6.92 Å². The molecule has 0 unspecified atom stereocenters. The number of aromatic nitrogens is 4. The van der Waals surface area contributed by atoms with E-state index in [1.807, 2.05) is 31.2 Å². The molecule has 2 heterocycles. The average Bonchev–Trinajstić information content (AvgIpc) is 2.72.